The van der Waals surface area contributed by atoms with Crippen LogP contribution in [0.1, 0.15) is 40.5 Å². The molecule has 0 aromatic heterocycles. The molecule has 1 aliphatic heterocycles. The number of rotatable bonds is 4. The number of piperidine rings is 1. The fraction of sp³-hybridized carbons (Fsp3) is 0.647. The highest BCUT2D eigenvalue weighted by Crippen LogP contribution is 2.24. The topological polar surface area (TPSA) is 41.3 Å². The fourth-order valence-corrected chi connectivity index (χ4v) is 2.62. The molecule has 1 saturated heterocycles. The number of nitrogens with one attached hydrogen (secondary N) is 1. The molecule has 1 aliphatic rings. The van der Waals surface area contributed by atoms with E-state index in [4.69, 9.17) is 5.73 Å². The van der Waals surface area contributed by atoms with Gasteiger partial charge >= 0.3 is 0 Å². The van der Waals surface area contributed by atoms with Gasteiger partial charge in [0.05, 0.1) is 0 Å². The maximum Gasteiger partial charge on any atom is 0.0366 e. The Labute approximate surface area is 123 Å². The van der Waals surface area contributed by atoms with Gasteiger partial charge in [0.25, 0.3) is 0 Å². The Hall–Kier alpha value is -1.06. The lowest BCUT2D eigenvalue weighted by Gasteiger charge is -2.44. The van der Waals surface area contributed by atoms with Gasteiger partial charge in [-0.2, -0.15) is 0 Å². The van der Waals surface area contributed by atoms with Gasteiger partial charge in [0, 0.05) is 35.9 Å². The van der Waals surface area contributed by atoms with E-state index < -0.39 is 0 Å². The Morgan fingerprint density at radius 1 is 1.05 bits per heavy atom. The highest BCUT2D eigenvalue weighted by molar-refractivity contribution is 5.46. The molecule has 0 unspecified atom stereocenters. The van der Waals surface area contributed by atoms with Crippen LogP contribution in [0.15, 0.2) is 30.3 Å². The zero-order valence-electron chi connectivity index (χ0n) is 13.3. The van der Waals surface area contributed by atoms with E-state index in [0.717, 1.165) is 13.1 Å². The Kier molecular flexibility index (Phi) is 4.40. The second-order valence-electron chi connectivity index (χ2n) is 7.09. The van der Waals surface area contributed by atoms with Crippen molar-refractivity contribution < 1.29 is 0 Å². The van der Waals surface area contributed by atoms with Crippen molar-refractivity contribution in [2.75, 3.05) is 18.0 Å². The molecule has 3 nitrogen and oxygen atoms in total. The molecule has 0 spiro atoms. The van der Waals surface area contributed by atoms with Gasteiger partial charge in [-0.1, -0.05) is 18.2 Å². The van der Waals surface area contributed by atoms with E-state index in [-0.39, 0.29) is 11.1 Å². The number of hydrogen-bond donors (Lipinski definition) is 2. The molecule has 1 fully saturated rings. The van der Waals surface area contributed by atoms with Crippen molar-refractivity contribution in [3.8, 4) is 0 Å². The minimum atomic E-state index is -0.219. The highest BCUT2D eigenvalue weighted by atomic mass is 15.2. The average molecular weight is 275 g/mol. The van der Waals surface area contributed by atoms with Crippen molar-refractivity contribution >= 4 is 5.69 Å². The van der Waals surface area contributed by atoms with Crippen LogP contribution in [0.4, 0.5) is 5.69 Å². The van der Waals surface area contributed by atoms with Gasteiger partial charge in [0.15, 0.2) is 0 Å². The lowest BCUT2D eigenvalue weighted by molar-refractivity contribution is 0.203. The van der Waals surface area contributed by atoms with Crippen LogP contribution in [-0.4, -0.2) is 30.2 Å². The zero-order chi connectivity index (χ0) is 14.8. The molecule has 3 heteroatoms. The van der Waals surface area contributed by atoms with Crippen molar-refractivity contribution in [1.82, 2.24) is 5.32 Å². The van der Waals surface area contributed by atoms with Crippen molar-refractivity contribution in [1.29, 1.82) is 0 Å². The van der Waals surface area contributed by atoms with E-state index in [1.165, 1.54) is 18.5 Å². The van der Waals surface area contributed by atoms with E-state index in [1.54, 1.807) is 0 Å². The molecular formula is C17H29N3. The van der Waals surface area contributed by atoms with Crippen LogP contribution in [0.2, 0.25) is 0 Å². The maximum absolute atomic E-state index is 6.28. The first kappa shape index (κ1) is 15.3. The summed E-state index contributed by atoms with van der Waals surface area (Å²) in [6, 6.07) is 11.2. The summed E-state index contributed by atoms with van der Waals surface area (Å²) in [4.78, 5) is 2.47. The first-order valence-electron chi connectivity index (χ1n) is 7.66. The summed E-state index contributed by atoms with van der Waals surface area (Å²) in [5.41, 5.74) is 7.35. The lowest BCUT2D eigenvalue weighted by Crippen LogP contribution is -2.64. The molecule has 112 valence electrons. The third-order valence-electron chi connectivity index (χ3n) is 4.79. The highest BCUT2D eigenvalue weighted by Gasteiger charge is 2.35. The minimum absolute atomic E-state index is 0.0490. The van der Waals surface area contributed by atoms with Gasteiger partial charge in [-0.15, -0.1) is 0 Å². The van der Waals surface area contributed by atoms with Gasteiger partial charge in [-0.3, -0.25) is 0 Å². The summed E-state index contributed by atoms with van der Waals surface area (Å²) < 4.78 is 0. The van der Waals surface area contributed by atoms with Gasteiger partial charge in [-0.25, -0.2) is 0 Å². The Balaban J connectivity index is 1.89. The van der Waals surface area contributed by atoms with E-state index in [1.807, 2.05) is 0 Å². The summed E-state index contributed by atoms with van der Waals surface area (Å²) >= 11 is 0. The second-order valence-corrected chi connectivity index (χ2v) is 7.09. The SMILES string of the molecule is CC(C)(N)C(C)(C)NC1CCN(c2ccccc2)CC1. The molecule has 20 heavy (non-hydrogen) atoms. The third kappa shape index (κ3) is 3.53. The van der Waals surface area contributed by atoms with Crippen LogP contribution in [-0.2, 0) is 0 Å². The summed E-state index contributed by atoms with van der Waals surface area (Å²) in [5, 5.41) is 3.76. The van der Waals surface area contributed by atoms with E-state index in [9.17, 15) is 0 Å². The molecule has 0 radical (unpaired) electrons. The Morgan fingerprint density at radius 3 is 2.10 bits per heavy atom. The molecule has 3 N–H and O–H groups in total. The first-order chi connectivity index (χ1) is 9.29. The van der Waals surface area contributed by atoms with E-state index in [2.05, 4.69) is 68.2 Å². The number of hydrogen-bond acceptors (Lipinski definition) is 3. The van der Waals surface area contributed by atoms with Crippen molar-refractivity contribution in [2.24, 2.45) is 5.73 Å². The molecular weight excluding hydrogens is 246 g/mol. The summed E-state index contributed by atoms with van der Waals surface area (Å²) in [5.74, 6) is 0. The second kappa shape index (κ2) is 5.74. The number of para-hydroxylation sites is 1. The Bertz CT molecular complexity index is 412. The van der Waals surface area contributed by atoms with Gasteiger partial charge in [0.2, 0.25) is 0 Å². The largest absolute Gasteiger partial charge is 0.371 e. The van der Waals surface area contributed by atoms with Crippen LogP contribution in [0.5, 0.6) is 0 Å². The quantitative estimate of drug-likeness (QED) is 0.888. The summed E-state index contributed by atoms with van der Waals surface area (Å²) in [6.07, 6.45) is 2.35. The van der Waals surface area contributed by atoms with Gasteiger partial charge in [0.1, 0.15) is 0 Å². The van der Waals surface area contributed by atoms with Crippen molar-refractivity contribution in [3.63, 3.8) is 0 Å². The number of anilines is 1. The normalized spacial score (nSPS) is 18.4. The molecule has 0 saturated carbocycles. The smallest absolute Gasteiger partial charge is 0.0366 e. The van der Waals surface area contributed by atoms with Crippen LogP contribution >= 0.6 is 0 Å². The number of benzene rings is 1. The maximum atomic E-state index is 6.28. The van der Waals surface area contributed by atoms with Gasteiger partial charge in [-0.05, 0) is 52.7 Å². The first-order valence-corrected chi connectivity index (χ1v) is 7.66. The lowest BCUT2D eigenvalue weighted by atomic mass is 9.82. The van der Waals surface area contributed by atoms with Crippen molar-refractivity contribution in [3.05, 3.63) is 30.3 Å². The minimum Gasteiger partial charge on any atom is -0.371 e. The van der Waals surface area contributed by atoms with Crippen LogP contribution in [0, 0.1) is 0 Å². The molecule has 0 aliphatic carbocycles. The van der Waals surface area contributed by atoms with Crippen LogP contribution in [0.25, 0.3) is 0 Å². The predicted molar refractivity (Wildman–Crippen MR) is 87.2 cm³/mol. The third-order valence-corrected chi connectivity index (χ3v) is 4.79. The van der Waals surface area contributed by atoms with Crippen LogP contribution in [0.3, 0.4) is 0 Å². The standard InChI is InChI=1S/C17H29N3/c1-16(2,18)17(3,4)19-14-10-12-20(13-11-14)15-8-6-5-7-9-15/h5-9,14,19H,10-13,18H2,1-4H3. The molecule has 2 rings (SSSR count). The van der Waals surface area contributed by atoms with Crippen molar-refractivity contribution in [2.45, 2.75) is 57.7 Å². The Morgan fingerprint density at radius 2 is 1.60 bits per heavy atom. The van der Waals surface area contributed by atoms with Gasteiger partial charge < -0.3 is 16.0 Å². The molecule has 0 amide bonds. The number of nitrogens with zero attached hydrogens (tertiary/aromatic N) is 1. The van der Waals surface area contributed by atoms with E-state index in [0.29, 0.717) is 6.04 Å². The predicted octanol–water partition coefficient (Wildman–Crippen LogP) is 2.76. The molecule has 1 aromatic carbocycles. The summed E-state index contributed by atoms with van der Waals surface area (Å²) in [7, 11) is 0. The fourth-order valence-electron chi connectivity index (χ4n) is 2.62. The van der Waals surface area contributed by atoms with Crippen LogP contribution < -0.4 is 16.0 Å². The zero-order valence-corrected chi connectivity index (χ0v) is 13.3. The summed E-state index contributed by atoms with van der Waals surface area (Å²) in [6.45, 7) is 10.8. The average Bonchev–Trinajstić information content (AvgIpc) is 2.39. The molecule has 0 atom stereocenters. The molecule has 1 aromatic rings. The number of nitrogens with two attached hydrogens (primary N) is 1. The van der Waals surface area contributed by atoms with E-state index >= 15 is 0 Å². The monoisotopic (exact) mass is 275 g/mol. The molecule has 0 bridgehead atoms. The molecule has 1 heterocycles.